The maximum absolute atomic E-state index is 11.6. The zero-order chi connectivity index (χ0) is 17.2. The Morgan fingerprint density at radius 3 is 2.71 bits per heavy atom. The fraction of sp³-hybridized carbons (Fsp3) is 0.158. The van der Waals surface area contributed by atoms with Crippen molar-refractivity contribution in [1.82, 2.24) is 5.32 Å². The van der Waals surface area contributed by atoms with E-state index in [0.29, 0.717) is 18.5 Å². The van der Waals surface area contributed by atoms with E-state index in [0.717, 1.165) is 11.1 Å². The Balaban J connectivity index is 1.68. The van der Waals surface area contributed by atoms with Crippen LogP contribution >= 0.6 is 0 Å². The van der Waals surface area contributed by atoms with Gasteiger partial charge in [0.25, 0.3) is 0 Å². The third-order valence-electron chi connectivity index (χ3n) is 3.30. The van der Waals surface area contributed by atoms with Crippen LogP contribution < -0.4 is 11.1 Å². The molecule has 0 unspecified atom stereocenters. The number of ether oxygens (including phenoxy) is 1. The number of rotatable bonds is 7. The summed E-state index contributed by atoms with van der Waals surface area (Å²) in [5.74, 6) is 0.0491. The van der Waals surface area contributed by atoms with Crippen molar-refractivity contribution in [3.8, 4) is 0 Å². The zero-order valence-electron chi connectivity index (χ0n) is 13.4. The van der Waals surface area contributed by atoms with Gasteiger partial charge in [-0.15, -0.1) is 0 Å². The van der Waals surface area contributed by atoms with Crippen molar-refractivity contribution < 1.29 is 9.53 Å². The molecule has 0 aromatic heterocycles. The fourth-order valence-corrected chi connectivity index (χ4v) is 2.06. The molecule has 2 rings (SSSR count). The molecule has 4 N–H and O–H groups in total. The maximum Gasteiger partial charge on any atom is 0.407 e. The van der Waals surface area contributed by atoms with Gasteiger partial charge in [-0.25, -0.2) is 4.79 Å². The summed E-state index contributed by atoms with van der Waals surface area (Å²) in [6.07, 6.45) is 4.15. The number of nitrogens with one attached hydrogen (secondary N) is 2. The Hall–Kier alpha value is -3.08. The summed E-state index contributed by atoms with van der Waals surface area (Å²) in [5, 5.41) is 10.1. The standard InChI is InChI=1S/C19H21N3O2/c20-18(21)17-11-6-10-15(13-17)7-4-5-12-22-19(23)24-14-16-8-2-1-3-9-16/h1-4,6-11,13H,5,12,14H2,(H3,20,21)(H,22,23). The summed E-state index contributed by atoms with van der Waals surface area (Å²) in [4.78, 5) is 11.6. The second kappa shape index (κ2) is 9.15. The summed E-state index contributed by atoms with van der Waals surface area (Å²) in [5.41, 5.74) is 8.08. The normalized spacial score (nSPS) is 10.5. The lowest BCUT2D eigenvalue weighted by molar-refractivity contribution is 0.140. The van der Waals surface area contributed by atoms with Crippen LogP contribution in [0.1, 0.15) is 23.1 Å². The van der Waals surface area contributed by atoms with E-state index in [-0.39, 0.29) is 12.4 Å². The van der Waals surface area contributed by atoms with Gasteiger partial charge < -0.3 is 15.8 Å². The molecule has 0 saturated heterocycles. The Morgan fingerprint density at radius 1 is 1.17 bits per heavy atom. The number of benzene rings is 2. The largest absolute Gasteiger partial charge is 0.445 e. The molecule has 0 atom stereocenters. The summed E-state index contributed by atoms with van der Waals surface area (Å²) < 4.78 is 5.12. The highest BCUT2D eigenvalue weighted by Gasteiger charge is 2.00. The van der Waals surface area contributed by atoms with E-state index in [4.69, 9.17) is 15.9 Å². The third kappa shape index (κ3) is 5.96. The van der Waals surface area contributed by atoms with Crippen LogP contribution in [0.4, 0.5) is 4.79 Å². The smallest absolute Gasteiger partial charge is 0.407 e. The van der Waals surface area contributed by atoms with Crippen LogP contribution in [0.3, 0.4) is 0 Å². The van der Waals surface area contributed by atoms with Crippen LogP contribution in [0.2, 0.25) is 0 Å². The number of alkyl carbamates (subject to hydrolysis) is 1. The molecule has 0 spiro atoms. The monoisotopic (exact) mass is 323 g/mol. The predicted molar refractivity (Wildman–Crippen MR) is 95.7 cm³/mol. The van der Waals surface area contributed by atoms with Gasteiger partial charge in [0.2, 0.25) is 0 Å². The van der Waals surface area contributed by atoms with E-state index in [9.17, 15) is 4.79 Å². The van der Waals surface area contributed by atoms with Crippen LogP contribution in [0, 0.1) is 5.41 Å². The molecule has 0 bridgehead atoms. The van der Waals surface area contributed by atoms with Gasteiger partial charge in [-0.3, -0.25) is 5.41 Å². The van der Waals surface area contributed by atoms with Gasteiger partial charge in [0.05, 0.1) is 0 Å². The number of nitrogens with two attached hydrogens (primary N) is 1. The molecule has 124 valence electrons. The Labute approximate surface area is 141 Å². The number of nitrogen functional groups attached to an aromatic ring is 1. The fourth-order valence-electron chi connectivity index (χ4n) is 2.06. The molecule has 0 aliphatic rings. The molecule has 24 heavy (non-hydrogen) atoms. The Morgan fingerprint density at radius 2 is 1.96 bits per heavy atom. The SMILES string of the molecule is N=C(N)c1cccc(C=CCCNC(=O)OCc2ccccc2)c1. The molecule has 2 aromatic rings. The Kier molecular flexibility index (Phi) is 6.58. The molecule has 5 nitrogen and oxygen atoms in total. The van der Waals surface area contributed by atoms with Crippen molar-refractivity contribution >= 4 is 18.0 Å². The van der Waals surface area contributed by atoms with Crippen LogP contribution in [0.25, 0.3) is 6.08 Å². The second-order valence-corrected chi connectivity index (χ2v) is 5.22. The van der Waals surface area contributed by atoms with E-state index in [2.05, 4.69) is 5.32 Å². The first kappa shape index (κ1) is 17.3. The van der Waals surface area contributed by atoms with Gasteiger partial charge in [0.15, 0.2) is 0 Å². The molecule has 2 aromatic carbocycles. The molecular weight excluding hydrogens is 302 g/mol. The Bertz CT molecular complexity index is 712. The van der Waals surface area contributed by atoms with Crippen molar-refractivity contribution in [3.63, 3.8) is 0 Å². The van der Waals surface area contributed by atoms with E-state index in [1.165, 1.54) is 0 Å². The number of hydrogen-bond donors (Lipinski definition) is 3. The summed E-state index contributed by atoms with van der Waals surface area (Å²) >= 11 is 0. The van der Waals surface area contributed by atoms with E-state index < -0.39 is 6.09 Å². The average Bonchev–Trinajstić information content (AvgIpc) is 2.61. The number of hydrogen-bond acceptors (Lipinski definition) is 3. The van der Waals surface area contributed by atoms with E-state index >= 15 is 0 Å². The maximum atomic E-state index is 11.6. The van der Waals surface area contributed by atoms with Crippen LogP contribution in [0.15, 0.2) is 60.7 Å². The minimum absolute atomic E-state index is 0.0491. The molecule has 1 amide bonds. The summed E-state index contributed by atoms with van der Waals surface area (Å²) in [6, 6.07) is 17.0. The van der Waals surface area contributed by atoms with Crippen LogP contribution in [-0.2, 0) is 11.3 Å². The second-order valence-electron chi connectivity index (χ2n) is 5.22. The van der Waals surface area contributed by atoms with Crippen LogP contribution in [0.5, 0.6) is 0 Å². The van der Waals surface area contributed by atoms with Gasteiger partial charge >= 0.3 is 6.09 Å². The molecule has 0 saturated carbocycles. The lowest BCUT2D eigenvalue weighted by Gasteiger charge is -2.06. The molecule has 0 radical (unpaired) electrons. The summed E-state index contributed by atoms with van der Waals surface area (Å²) in [6.45, 7) is 0.761. The average molecular weight is 323 g/mol. The van der Waals surface area contributed by atoms with Gasteiger partial charge in [-0.05, 0) is 23.6 Å². The molecular formula is C19H21N3O2. The highest BCUT2D eigenvalue weighted by molar-refractivity contribution is 5.95. The highest BCUT2D eigenvalue weighted by atomic mass is 16.5. The van der Waals surface area contributed by atoms with Crippen molar-refractivity contribution in [1.29, 1.82) is 5.41 Å². The molecule has 5 heteroatoms. The highest BCUT2D eigenvalue weighted by Crippen LogP contribution is 2.07. The lowest BCUT2D eigenvalue weighted by atomic mass is 10.1. The number of carbonyl (C=O) groups is 1. The van der Waals surface area contributed by atoms with Gasteiger partial charge in [-0.1, -0.05) is 60.7 Å². The van der Waals surface area contributed by atoms with Gasteiger partial charge in [0.1, 0.15) is 12.4 Å². The zero-order valence-corrected chi connectivity index (χ0v) is 13.4. The number of amides is 1. The first-order chi connectivity index (χ1) is 11.6. The number of carbonyl (C=O) groups excluding carboxylic acids is 1. The third-order valence-corrected chi connectivity index (χ3v) is 3.30. The van der Waals surface area contributed by atoms with Gasteiger partial charge in [-0.2, -0.15) is 0 Å². The van der Waals surface area contributed by atoms with Crippen LogP contribution in [-0.4, -0.2) is 18.5 Å². The lowest BCUT2D eigenvalue weighted by Crippen LogP contribution is -2.24. The number of amidine groups is 1. The summed E-state index contributed by atoms with van der Waals surface area (Å²) in [7, 11) is 0. The predicted octanol–water partition coefficient (Wildman–Crippen LogP) is 3.30. The molecule has 0 heterocycles. The van der Waals surface area contributed by atoms with Crippen molar-refractivity contribution in [2.45, 2.75) is 13.0 Å². The van der Waals surface area contributed by atoms with Crippen molar-refractivity contribution in [2.75, 3.05) is 6.54 Å². The van der Waals surface area contributed by atoms with E-state index in [1.807, 2.05) is 60.7 Å². The van der Waals surface area contributed by atoms with E-state index in [1.54, 1.807) is 6.07 Å². The quantitative estimate of drug-likeness (QED) is 0.415. The molecule has 0 aliphatic carbocycles. The van der Waals surface area contributed by atoms with Crippen molar-refractivity contribution in [2.24, 2.45) is 5.73 Å². The van der Waals surface area contributed by atoms with Crippen molar-refractivity contribution in [3.05, 3.63) is 77.4 Å². The van der Waals surface area contributed by atoms with Gasteiger partial charge in [0, 0.05) is 12.1 Å². The molecule has 0 fully saturated rings. The first-order valence-corrected chi connectivity index (χ1v) is 7.71. The topological polar surface area (TPSA) is 88.2 Å². The minimum Gasteiger partial charge on any atom is -0.445 e. The minimum atomic E-state index is -0.425. The molecule has 0 aliphatic heterocycles. The first-order valence-electron chi connectivity index (χ1n) is 7.71.